The lowest BCUT2D eigenvalue weighted by atomic mass is 10.1. The van der Waals surface area contributed by atoms with Crippen molar-refractivity contribution < 1.29 is 4.48 Å². The third-order valence-corrected chi connectivity index (χ3v) is 1.32. The fourth-order valence-corrected chi connectivity index (χ4v) is 0.814. The second-order valence-electron chi connectivity index (χ2n) is 2.40. The molecule has 0 atom stereocenters. The van der Waals surface area contributed by atoms with Crippen LogP contribution in [0.3, 0.4) is 0 Å². The van der Waals surface area contributed by atoms with Gasteiger partial charge in [-0.25, -0.2) is 0 Å². The zero-order chi connectivity index (χ0) is 6.85. The molecule has 0 saturated carbocycles. The number of nitrogens with zero attached hydrogens (tertiary/aromatic N) is 1. The molecular weight excluding hydrogens is 117 g/mol. The van der Waals surface area contributed by atoms with Gasteiger partial charge in [-0.15, -0.1) is 0 Å². The van der Waals surface area contributed by atoms with E-state index in [-0.39, 0.29) is 5.92 Å². The second kappa shape index (κ2) is 2.21. The number of hydrogen-bond acceptors (Lipinski definition) is 0. The van der Waals surface area contributed by atoms with Crippen LogP contribution in [0.2, 0.25) is 0 Å². The molecule has 1 aromatic heterocycles. The summed E-state index contributed by atoms with van der Waals surface area (Å²) in [5.41, 5.74) is 0.731. The molecule has 0 aliphatic rings. The molecular formula is C7H10FN. The summed E-state index contributed by atoms with van der Waals surface area (Å²) in [6.07, 6.45) is 1.41. The van der Waals surface area contributed by atoms with Gasteiger partial charge >= 0.3 is 0 Å². The predicted octanol–water partition coefficient (Wildman–Crippen LogP) is 2.34. The maximum atomic E-state index is 12.5. The molecule has 1 rings (SSSR count). The molecule has 0 saturated heterocycles. The van der Waals surface area contributed by atoms with Crippen LogP contribution < -0.4 is 0 Å². The Morgan fingerprint density at radius 3 is 2.44 bits per heavy atom. The van der Waals surface area contributed by atoms with Crippen molar-refractivity contribution in [3.8, 4) is 0 Å². The maximum absolute atomic E-state index is 12.5. The molecule has 0 aromatic carbocycles. The van der Waals surface area contributed by atoms with E-state index in [9.17, 15) is 4.48 Å². The number of rotatable bonds is 1. The van der Waals surface area contributed by atoms with E-state index in [0.717, 1.165) is 5.69 Å². The van der Waals surface area contributed by atoms with Crippen molar-refractivity contribution in [3.63, 3.8) is 0 Å². The normalized spacial score (nSPS) is 10.7. The largest absolute Gasteiger partial charge is 0.191 e. The summed E-state index contributed by atoms with van der Waals surface area (Å²) in [4.78, 5) is 0.657. The Bertz CT molecular complexity index is 191. The number of aromatic nitrogens is 1. The van der Waals surface area contributed by atoms with E-state index in [1.54, 1.807) is 12.1 Å². The Morgan fingerprint density at radius 2 is 2.22 bits per heavy atom. The summed E-state index contributed by atoms with van der Waals surface area (Å²) in [6.45, 7) is 3.93. The highest BCUT2D eigenvalue weighted by atomic mass is 19.2. The van der Waals surface area contributed by atoms with Gasteiger partial charge in [-0.05, 0) is 18.1 Å². The van der Waals surface area contributed by atoms with Gasteiger partial charge in [-0.1, -0.05) is 18.3 Å². The Balaban J connectivity index is 2.94. The molecule has 0 amide bonds. The van der Waals surface area contributed by atoms with Crippen LogP contribution in [0.4, 0.5) is 4.48 Å². The standard InChI is InChI=1S/C7H10FN/c1-6(2)7-4-3-5-9(7)8/h3-6H,1-2H3. The first kappa shape index (κ1) is 6.33. The topological polar surface area (TPSA) is 4.93 Å². The van der Waals surface area contributed by atoms with Crippen LogP contribution in [-0.4, -0.2) is 4.79 Å². The summed E-state index contributed by atoms with van der Waals surface area (Å²) >= 11 is 0. The van der Waals surface area contributed by atoms with Crippen LogP contribution in [-0.2, 0) is 0 Å². The highest BCUT2D eigenvalue weighted by molar-refractivity contribution is 5.08. The Kier molecular flexibility index (Phi) is 1.56. The predicted molar refractivity (Wildman–Crippen MR) is 35.0 cm³/mol. The number of halogens is 1. The first-order valence-corrected chi connectivity index (χ1v) is 3.05. The monoisotopic (exact) mass is 127 g/mol. The molecule has 0 bridgehead atoms. The zero-order valence-electron chi connectivity index (χ0n) is 5.63. The van der Waals surface area contributed by atoms with Crippen molar-refractivity contribution in [1.82, 2.24) is 4.79 Å². The van der Waals surface area contributed by atoms with Gasteiger partial charge in [-0.2, -0.15) is 4.79 Å². The fraction of sp³-hybridized carbons (Fsp3) is 0.429. The minimum Gasteiger partial charge on any atom is -0.191 e. The smallest absolute Gasteiger partial charge is 0.0539 e. The van der Waals surface area contributed by atoms with Crippen LogP contribution in [0.15, 0.2) is 18.3 Å². The Hall–Kier alpha value is -0.790. The summed E-state index contributed by atoms with van der Waals surface area (Å²) in [5.74, 6) is 0.269. The molecule has 1 heterocycles. The molecule has 1 aromatic rings. The van der Waals surface area contributed by atoms with Gasteiger partial charge in [0.05, 0.1) is 5.69 Å². The van der Waals surface area contributed by atoms with Crippen molar-refractivity contribution in [2.75, 3.05) is 0 Å². The van der Waals surface area contributed by atoms with Crippen molar-refractivity contribution in [3.05, 3.63) is 24.0 Å². The molecule has 0 aliphatic carbocycles. The molecule has 0 spiro atoms. The van der Waals surface area contributed by atoms with Crippen molar-refractivity contribution in [2.45, 2.75) is 19.8 Å². The summed E-state index contributed by atoms with van der Waals surface area (Å²) in [7, 11) is 0. The van der Waals surface area contributed by atoms with Gasteiger partial charge in [-0.3, -0.25) is 0 Å². The summed E-state index contributed by atoms with van der Waals surface area (Å²) in [6, 6.07) is 3.49. The van der Waals surface area contributed by atoms with Gasteiger partial charge in [0.25, 0.3) is 0 Å². The van der Waals surface area contributed by atoms with Crippen LogP contribution in [0.25, 0.3) is 0 Å². The second-order valence-corrected chi connectivity index (χ2v) is 2.40. The molecule has 2 heteroatoms. The van der Waals surface area contributed by atoms with E-state index in [4.69, 9.17) is 0 Å². The molecule has 0 N–H and O–H groups in total. The van der Waals surface area contributed by atoms with Gasteiger partial charge in [0.15, 0.2) is 0 Å². The third kappa shape index (κ3) is 1.12. The van der Waals surface area contributed by atoms with Crippen LogP contribution in [0.5, 0.6) is 0 Å². The molecule has 9 heavy (non-hydrogen) atoms. The average Bonchev–Trinajstić information content (AvgIpc) is 2.13. The fourth-order valence-electron chi connectivity index (χ4n) is 0.814. The van der Waals surface area contributed by atoms with E-state index in [2.05, 4.69) is 0 Å². The van der Waals surface area contributed by atoms with Crippen molar-refractivity contribution in [2.24, 2.45) is 0 Å². The Morgan fingerprint density at radius 1 is 1.56 bits per heavy atom. The molecule has 0 aliphatic heterocycles. The van der Waals surface area contributed by atoms with Crippen LogP contribution in [0, 0.1) is 0 Å². The van der Waals surface area contributed by atoms with Gasteiger partial charge < -0.3 is 0 Å². The van der Waals surface area contributed by atoms with Crippen molar-refractivity contribution in [1.29, 1.82) is 0 Å². The quantitative estimate of drug-likeness (QED) is 0.545. The number of hydrogen-bond donors (Lipinski definition) is 0. The molecule has 50 valence electrons. The lowest BCUT2D eigenvalue weighted by Crippen LogP contribution is -1.91. The third-order valence-electron chi connectivity index (χ3n) is 1.32. The SMILES string of the molecule is CC(C)c1cccn1F. The van der Waals surface area contributed by atoms with Gasteiger partial charge in [0.2, 0.25) is 0 Å². The molecule has 0 fully saturated rings. The minimum absolute atomic E-state index is 0.269. The van der Waals surface area contributed by atoms with Crippen LogP contribution >= 0.6 is 0 Å². The van der Waals surface area contributed by atoms with E-state index in [0.29, 0.717) is 4.79 Å². The summed E-state index contributed by atoms with van der Waals surface area (Å²) in [5, 5.41) is 0. The molecule has 0 unspecified atom stereocenters. The van der Waals surface area contributed by atoms with Crippen molar-refractivity contribution >= 4 is 0 Å². The first-order chi connectivity index (χ1) is 4.22. The highest BCUT2D eigenvalue weighted by Crippen LogP contribution is 2.13. The Labute approximate surface area is 54.0 Å². The van der Waals surface area contributed by atoms with E-state index in [1.165, 1.54) is 6.20 Å². The first-order valence-electron chi connectivity index (χ1n) is 3.05. The average molecular weight is 127 g/mol. The lowest BCUT2D eigenvalue weighted by molar-refractivity contribution is 0.349. The minimum atomic E-state index is 0.269. The van der Waals surface area contributed by atoms with Crippen LogP contribution in [0.1, 0.15) is 25.5 Å². The maximum Gasteiger partial charge on any atom is 0.0539 e. The van der Waals surface area contributed by atoms with E-state index >= 15 is 0 Å². The highest BCUT2D eigenvalue weighted by Gasteiger charge is 2.02. The van der Waals surface area contributed by atoms with Gasteiger partial charge in [0, 0.05) is 6.20 Å². The summed E-state index contributed by atoms with van der Waals surface area (Å²) < 4.78 is 12.5. The van der Waals surface area contributed by atoms with E-state index < -0.39 is 0 Å². The zero-order valence-corrected chi connectivity index (χ0v) is 5.63. The lowest BCUT2D eigenvalue weighted by Gasteiger charge is -2.00. The molecule has 1 nitrogen and oxygen atoms in total. The molecule has 0 radical (unpaired) electrons. The van der Waals surface area contributed by atoms with E-state index in [1.807, 2.05) is 13.8 Å². The van der Waals surface area contributed by atoms with Gasteiger partial charge in [0.1, 0.15) is 0 Å².